The number of thiophene rings is 1. The number of morpholine rings is 1. The third kappa shape index (κ3) is 5.06. The molecule has 9 heteroatoms. The van der Waals surface area contributed by atoms with E-state index in [1.807, 2.05) is 12.3 Å². The van der Waals surface area contributed by atoms with Crippen molar-refractivity contribution >= 4 is 33.4 Å². The van der Waals surface area contributed by atoms with E-state index in [1.165, 1.54) is 10.4 Å². The zero-order valence-electron chi connectivity index (χ0n) is 19.8. The first-order valence-electron chi connectivity index (χ1n) is 12.5. The Morgan fingerprint density at radius 2 is 1.97 bits per heavy atom. The highest BCUT2D eigenvalue weighted by Gasteiger charge is 2.32. The zero-order valence-corrected chi connectivity index (χ0v) is 20.6. The van der Waals surface area contributed by atoms with Gasteiger partial charge in [0.1, 0.15) is 10.6 Å². The number of fused-ring (bicyclic) bond motifs is 3. The maximum Gasteiger partial charge on any atom is 0.239 e. The Balaban J connectivity index is 1.26. The number of pyridine rings is 1. The molecule has 0 aromatic carbocycles. The van der Waals surface area contributed by atoms with Gasteiger partial charge < -0.3 is 20.1 Å². The van der Waals surface area contributed by atoms with Crippen LogP contribution in [0.25, 0.3) is 10.2 Å². The van der Waals surface area contributed by atoms with E-state index in [0.717, 1.165) is 80.8 Å². The molecule has 2 amide bonds. The lowest BCUT2D eigenvalue weighted by Gasteiger charge is -2.38. The molecule has 34 heavy (non-hydrogen) atoms. The molecular weight excluding hydrogens is 452 g/mol. The summed E-state index contributed by atoms with van der Waals surface area (Å²) in [5.41, 5.74) is 1.24. The Labute approximate surface area is 204 Å². The highest BCUT2D eigenvalue weighted by Crippen LogP contribution is 2.48. The summed E-state index contributed by atoms with van der Waals surface area (Å²) in [5.74, 6) is 0.769. The number of amides is 2. The molecule has 1 saturated carbocycles. The van der Waals surface area contributed by atoms with Gasteiger partial charge in [-0.15, -0.1) is 11.3 Å². The average molecular weight is 487 g/mol. The second-order valence-electron chi connectivity index (χ2n) is 9.51. The minimum atomic E-state index is -0.190. The average Bonchev–Trinajstić information content (AvgIpc) is 3.43. The summed E-state index contributed by atoms with van der Waals surface area (Å²) in [7, 11) is 1.57. The predicted octanol–water partition coefficient (Wildman–Crippen LogP) is 2.60. The summed E-state index contributed by atoms with van der Waals surface area (Å²) < 4.78 is 12.1. The van der Waals surface area contributed by atoms with E-state index in [1.54, 1.807) is 18.4 Å². The molecule has 2 aliphatic carbocycles. The summed E-state index contributed by atoms with van der Waals surface area (Å²) in [6, 6.07) is 2.63. The summed E-state index contributed by atoms with van der Waals surface area (Å²) in [5, 5.41) is 6.37. The van der Waals surface area contributed by atoms with Gasteiger partial charge in [0, 0.05) is 43.7 Å². The van der Waals surface area contributed by atoms with E-state index >= 15 is 0 Å². The van der Waals surface area contributed by atoms with Crippen LogP contribution in [0.1, 0.15) is 54.9 Å². The number of hydrogen-bond donors (Lipinski definition) is 2. The summed E-state index contributed by atoms with van der Waals surface area (Å²) >= 11 is 1.73. The minimum absolute atomic E-state index is 0.0162. The number of carbonyl (C=O) groups excluding carboxylic acids is 2. The standard InChI is InChI=1S/C25H34N4O4S/c1-26-22(31)15-28-21(30)14-16-2-7-20-23(16)24-19(8-9-27-25(24)34-20)33-18-5-3-17(4-6-18)29-10-12-32-13-11-29/h8-9,16-18H,2-7,10-15H2,1H3,(H,26,31)(H,28,30)/t16-,17?,18?/m1/s1. The van der Waals surface area contributed by atoms with Crippen LogP contribution in [-0.2, 0) is 20.7 Å². The van der Waals surface area contributed by atoms with Crippen molar-refractivity contribution in [3.05, 3.63) is 22.7 Å². The van der Waals surface area contributed by atoms with Gasteiger partial charge in [0.25, 0.3) is 0 Å². The third-order valence-corrected chi connectivity index (χ3v) is 8.63. The van der Waals surface area contributed by atoms with Gasteiger partial charge in [-0.3, -0.25) is 14.5 Å². The van der Waals surface area contributed by atoms with Crippen LogP contribution in [0.3, 0.4) is 0 Å². The van der Waals surface area contributed by atoms with Crippen molar-refractivity contribution in [1.29, 1.82) is 0 Å². The molecule has 1 saturated heterocycles. The number of aromatic nitrogens is 1. The van der Waals surface area contributed by atoms with Crippen molar-refractivity contribution in [3.63, 3.8) is 0 Å². The first kappa shape index (κ1) is 23.5. The summed E-state index contributed by atoms with van der Waals surface area (Å²) in [4.78, 5) is 33.5. The molecule has 2 aromatic heterocycles. The van der Waals surface area contributed by atoms with Gasteiger partial charge in [-0.1, -0.05) is 0 Å². The van der Waals surface area contributed by atoms with E-state index in [4.69, 9.17) is 9.47 Å². The fourth-order valence-electron chi connectivity index (χ4n) is 5.65. The summed E-state index contributed by atoms with van der Waals surface area (Å²) in [6.07, 6.45) is 8.80. The first-order valence-corrected chi connectivity index (χ1v) is 13.3. The Morgan fingerprint density at radius 3 is 2.74 bits per heavy atom. The van der Waals surface area contributed by atoms with Gasteiger partial charge in [0.2, 0.25) is 11.8 Å². The number of aryl methyl sites for hydroxylation is 1. The first-order chi connectivity index (χ1) is 16.6. The van der Waals surface area contributed by atoms with E-state index in [9.17, 15) is 9.59 Å². The molecule has 5 rings (SSSR count). The molecule has 0 unspecified atom stereocenters. The maximum atomic E-state index is 12.5. The third-order valence-electron chi connectivity index (χ3n) is 7.45. The van der Waals surface area contributed by atoms with Gasteiger partial charge in [-0.2, -0.15) is 0 Å². The van der Waals surface area contributed by atoms with Crippen LogP contribution in [0.2, 0.25) is 0 Å². The molecule has 2 N–H and O–H groups in total. The van der Waals surface area contributed by atoms with E-state index in [0.29, 0.717) is 12.5 Å². The van der Waals surface area contributed by atoms with Crippen molar-refractivity contribution in [2.75, 3.05) is 39.9 Å². The number of ether oxygens (including phenoxy) is 2. The number of hydrogen-bond acceptors (Lipinski definition) is 7. The molecular formula is C25H34N4O4S. The molecule has 0 spiro atoms. The molecule has 1 atom stereocenters. The van der Waals surface area contributed by atoms with E-state index in [-0.39, 0.29) is 30.4 Å². The molecule has 1 aliphatic heterocycles. The highest BCUT2D eigenvalue weighted by molar-refractivity contribution is 7.19. The van der Waals surface area contributed by atoms with Crippen molar-refractivity contribution in [2.45, 2.75) is 63.0 Å². The van der Waals surface area contributed by atoms with Gasteiger partial charge in [0.05, 0.1) is 31.2 Å². The molecule has 3 aliphatic rings. The Hall–Kier alpha value is -2.23. The lowest BCUT2D eigenvalue weighted by Crippen LogP contribution is -2.46. The van der Waals surface area contributed by atoms with Crippen LogP contribution in [0.5, 0.6) is 5.75 Å². The fraction of sp³-hybridized carbons (Fsp3) is 0.640. The topological polar surface area (TPSA) is 92.8 Å². The molecule has 0 radical (unpaired) electrons. The molecule has 184 valence electrons. The normalized spacial score (nSPS) is 25.1. The predicted molar refractivity (Wildman–Crippen MR) is 131 cm³/mol. The van der Waals surface area contributed by atoms with Crippen LogP contribution in [0, 0.1) is 0 Å². The van der Waals surface area contributed by atoms with Crippen LogP contribution < -0.4 is 15.4 Å². The second-order valence-corrected chi connectivity index (χ2v) is 10.6. The largest absolute Gasteiger partial charge is 0.490 e. The molecule has 3 heterocycles. The molecule has 0 bridgehead atoms. The smallest absolute Gasteiger partial charge is 0.239 e. The lowest BCUT2D eigenvalue weighted by atomic mass is 9.91. The number of nitrogens with one attached hydrogen (secondary N) is 2. The van der Waals surface area contributed by atoms with Crippen LogP contribution >= 0.6 is 11.3 Å². The molecule has 8 nitrogen and oxygen atoms in total. The van der Waals surface area contributed by atoms with Crippen LogP contribution in [-0.4, -0.2) is 73.7 Å². The Kier molecular flexibility index (Phi) is 7.32. The monoisotopic (exact) mass is 486 g/mol. The van der Waals surface area contributed by atoms with Crippen LogP contribution in [0.4, 0.5) is 0 Å². The van der Waals surface area contributed by atoms with Crippen molar-refractivity contribution in [2.24, 2.45) is 0 Å². The quantitative estimate of drug-likeness (QED) is 0.625. The van der Waals surface area contributed by atoms with Crippen molar-refractivity contribution in [1.82, 2.24) is 20.5 Å². The molecule has 2 fully saturated rings. The Morgan fingerprint density at radius 1 is 1.18 bits per heavy atom. The SMILES string of the molecule is CNC(=O)CNC(=O)C[C@H]1CCc2sc3nccc(OC4CCC(N5CCOCC5)CC4)c3c21. The van der Waals surface area contributed by atoms with Gasteiger partial charge in [0.15, 0.2) is 0 Å². The zero-order chi connectivity index (χ0) is 23.5. The maximum absolute atomic E-state index is 12.5. The molecule has 2 aromatic rings. The Bertz CT molecular complexity index is 1030. The lowest BCUT2D eigenvalue weighted by molar-refractivity contribution is -0.126. The van der Waals surface area contributed by atoms with Crippen molar-refractivity contribution in [3.8, 4) is 5.75 Å². The summed E-state index contributed by atoms with van der Waals surface area (Å²) in [6.45, 7) is 3.79. The van der Waals surface area contributed by atoms with E-state index < -0.39 is 0 Å². The minimum Gasteiger partial charge on any atom is -0.490 e. The van der Waals surface area contributed by atoms with Crippen molar-refractivity contribution < 1.29 is 19.1 Å². The highest BCUT2D eigenvalue weighted by atomic mass is 32.1. The second kappa shape index (κ2) is 10.6. The van der Waals surface area contributed by atoms with Gasteiger partial charge >= 0.3 is 0 Å². The fourth-order valence-corrected chi connectivity index (χ4v) is 6.90. The number of nitrogens with zero attached hydrogens (tertiary/aromatic N) is 2. The number of likely N-dealkylation sites (N-methyl/N-ethyl adjacent to an activating group) is 1. The van der Waals surface area contributed by atoms with Gasteiger partial charge in [-0.05, 0) is 56.1 Å². The van der Waals surface area contributed by atoms with Crippen LogP contribution in [0.15, 0.2) is 12.3 Å². The van der Waals surface area contributed by atoms with E-state index in [2.05, 4.69) is 20.5 Å². The van der Waals surface area contributed by atoms with Gasteiger partial charge in [-0.25, -0.2) is 4.98 Å². The number of carbonyl (C=O) groups is 2. The number of rotatable bonds is 7.